The summed E-state index contributed by atoms with van der Waals surface area (Å²) in [6.07, 6.45) is 0. The summed E-state index contributed by atoms with van der Waals surface area (Å²) >= 11 is 3.78. The lowest BCUT2D eigenvalue weighted by Gasteiger charge is -2.17. The van der Waals surface area contributed by atoms with Crippen molar-refractivity contribution in [3.05, 3.63) is 322 Å². The molecule has 15 aromatic carbocycles. The zero-order valence-corrected chi connectivity index (χ0v) is 51.4. The SMILES string of the molecule is c1ccc(-c2ccc(-c3cccc4c3sc3c(-c5cccc(-c6nc(-c7ccccc7)nc(-c7ccccc7)n6)c5)cccc34)c(-c3ccccc3-c3cccc4c3sc3c(-c5cccc(-c6ccc7c8ccccc8c8ccccc8c7c6)c5)cccc34)c2)cc1. The van der Waals surface area contributed by atoms with E-state index in [2.05, 4.69) is 285 Å². The predicted octanol–water partition coefficient (Wildman–Crippen LogP) is 24.7. The van der Waals surface area contributed by atoms with E-state index >= 15 is 0 Å². The van der Waals surface area contributed by atoms with Gasteiger partial charge < -0.3 is 0 Å². The zero-order chi connectivity index (χ0) is 60.6. The predicted molar refractivity (Wildman–Crippen MR) is 392 cm³/mol. The van der Waals surface area contributed by atoms with Crippen LogP contribution in [0.25, 0.3) is 185 Å². The van der Waals surface area contributed by atoms with E-state index in [0.717, 1.165) is 22.3 Å². The molecule has 0 N–H and O–H groups in total. The number of benzene rings is 15. The molecule has 3 nitrogen and oxygen atoms in total. The van der Waals surface area contributed by atoms with Gasteiger partial charge in [-0.05, 0) is 123 Å². The average Bonchev–Trinajstić information content (AvgIpc) is 1.38. The molecule has 18 rings (SSSR count). The molecule has 0 fully saturated rings. The van der Waals surface area contributed by atoms with Gasteiger partial charge in [-0.2, -0.15) is 0 Å². The molecule has 0 aliphatic heterocycles. The Balaban J connectivity index is 0.755. The Morgan fingerprint density at radius 2 is 0.457 bits per heavy atom. The minimum atomic E-state index is 0.632. The quantitative estimate of drug-likeness (QED) is 0.128. The van der Waals surface area contributed by atoms with Gasteiger partial charge in [0.05, 0.1) is 0 Å². The van der Waals surface area contributed by atoms with Gasteiger partial charge >= 0.3 is 0 Å². The van der Waals surface area contributed by atoms with Crippen molar-refractivity contribution >= 4 is 95.3 Å². The minimum Gasteiger partial charge on any atom is -0.208 e. The molecule has 0 bridgehead atoms. The minimum absolute atomic E-state index is 0.632. The highest BCUT2D eigenvalue weighted by molar-refractivity contribution is 7.27. The molecular formula is C87H53N3S2. The van der Waals surface area contributed by atoms with Crippen LogP contribution in [0.1, 0.15) is 0 Å². The highest BCUT2D eigenvalue weighted by atomic mass is 32.1. The maximum Gasteiger partial charge on any atom is 0.164 e. The fourth-order valence-electron chi connectivity index (χ4n) is 14.0. The fourth-order valence-corrected chi connectivity index (χ4v) is 16.7. The van der Waals surface area contributed by atoms with Gasteiger partial charge in [-0.1, -0.05) is 297 Å². The Morgan fingerprint density at radius 1 is 0.152 bits per heavy atom. The third-order valence-corrected chi connectivity index (χ3v) is 20.9. The Hall–Kier alpha value is -11.5. The summed E-state index contributed by atoms with van der Waals surface area (Å²) in [6.45, 7) is 0. The largest absolute Gasteiger partial charge is 0.208 e. The number of fused-ring (bicyclic) bond motifs is 12. The summed E-state index contributed by atoms with van der Waals surface area (Å²) in [7, 11) is 0. The van der Waals surface area contributed by atoms with Crippen LogP contribution in [0.2, 0.25) is 0 Å². The first-order valence-corrected chi connectivity index (χ1v) is 32.9. The molecule has 0 unspecified atom stereocenters. The second kappa shape index (κ2) is 22.2. The lowest BCUT2D eigenvalue weighted by molar-refractivity contribution is 1.07. The maximum absolute atomic E-state index is 5.11. The average molecular weight is 1200 g/mol. The smallest absolute Gasteiger partial charge is 0.164 e. The van der Waals surface area contributed by atoms with Gasteiger partial charge in [0.25, 0.3) is 0 Å². The van der Waals surface area contributed by atoms with E-state index in [-0.39, 0.29) is 0 Å². The van der Waals surface area contributed by atoms with Crippen molar-refractivity contribution in [2.24, 2.45) is 0 Å². The fraction of sp³-hybridized carbons (Fsp3) is 0. The molecule has 5 heteroatoms. The molecule has 0 aliphatic carbocycles. The molecule has 0 atom stereocenters. The normalized spacial score (nSPS) is 11.7. The van der Waals surface area contributed by atoms with Crippen LogP contribution in [0.5, 0.6) is 0 Å². The number of rotatable bonds is 10. The van der Waals surface area contributed by atoms with E-state index in [0.29, 0.717) is 17.5 Å². The van der Waals surface area contributed by atoms with Gasteiger partial charge in [0.15, 0.2) is 17.5 Å². The molecular weight excluding hydrogens is 1150 g/mol. The van der Waals surface area contributed by atoms with Gasteiger partial charge in [-0.3, -0.25) is 0 Å². The van der Waals surface area contributed by atoms with Crippen LogP contribution in [-0.2, 0) is 0 Å². The van der Waals surface area contributed by atoms with Crippen LogP contribution in [0, 0.1) is 0 Å². The van der Waals surface area contributed by atoms with E-state index in [1.807, 2.05) is 59.1 Å². The van der Waals surface area contributed by atoms with Gasteiger partial charge in [0.1, 0.15) is 0 Å². The molecule has 0 amide bonds. The summed E-state index contributed by atoms with van der Waals surface area (Å²) in [5.74, 6) is 1.92. The van der Waals surface area contributed by atoms with E-state index in [4.69, 9.17) is 15.0 Å². The van der Waals surface area contributed by atoms with E-state index < -0.39 is 0 Å². The highest BCUT2D eigenvalue weighted by Gasteiger charge is 2.23. The summed E-state index contributed by atoms with van der Waals surface area (Å²) in [5.41, 5.74) is 19.5. The van der Waals surface area contributed by atoms with Crippen LogP contribution in [-0.4, -0.2) is 15.0 Å². The Labute approximate surface area is 540 Å². The molecule has 92 heavy (non-hydrogen) atoms. The summed E-state index contributed by atoms with van der Waals surface area (Å²) in [6, 6.07) is 117. The molecule has 428 valence electrons. The van der Waals surface area contributed by atoms with Crippen molar-refractivity contribution in [3.8, 4) is 112 Å². The van der Waals surface area contributed by atoms with Crippen LogP contribution in [0.15, 0.2) is 322 Å². The Kier molecular flexibility index (Phi) is 12.9. The maximum atomic E-state index is 5.11. The third-order valence-electron chi connectivity index (χ3n) is 18.4. The zero-order valence-electron chi connectivity index (χ0n) is 49.8. The molecule has 18 aromatic rings. The van der Waals surface area contributed by atoms with Gasteiger partial charge in [0, 0.05) is 68.2 Å². The third kappa shape index (κ3) is 9.12. The van der Waals surface area contributed by atoms with Crippen LogP contribution in [0.3, 0.4) is 0 Å². The van der Waals surface area contributed by atoms with Crippen LogP contribution >= 0.6 is 22.7 Å². The number of hydrogen-bond donors (Lipinski definition) is 0. The topological polar surface area (TPSA) is 38.7 Å². The first-order valence-electron chi connectivity index (χ1n) is 31.2. The van der Waals surface area contributed by atoms with E-state index in [1.165, 1.54) is 145 Å². The second-order valence-corrected chi connectivity index (χ2v) is 25.7. The Bertz CT molecular complexity index is 5850. The van der Waals surface area contributed by atoms with Crippen molar-refractivity contribution in [2.45, 2.75) is 0 Å². The van der Waals surface area contributed by atoms with Gasteiger partial charge in [-0.25, -0.2) is 15.0 Å². The number of thiophene rings is 2. The number of hydrogen-bond acceptors (Lipinski definition) is 5. The van der Waals surface area contributed by atoms with Crippen molar-refractivity contribution in [2.75, 3.05) is 0 Å². The molecule has 0 saturated carbocycles. The van der Waals surface area contributed by atoms with Crippen molar-refractivity contribution in [3.63, 3.8) is 0 Å². The summed E-state index contributed by atoms with van der Waals surface area (Å²) in [4.78, 5) is 15.2. The van der Waals surface area contributed by atoms with E-state index in [1.54, 1.807) is 0 Å². The number of aromatic nitrogens is 3. The summed E-state index contributed by atoms with van der Waals surface area (Å²) in [5, 5.41) is 12.7. The Morgan fingerprint density at radius 3 is 0.978 bits per heavy atom. The lowest BCUT2D eigenvalue weighted by Crippen LogP contribution is -2.00. The molecule has 3 aromatic heterocycles. The molecule has 0 saturated heterocycles. The van der Waals surface area contributed by atoms with Gasteiger partial charge in [-0.15, -0.1) is 22.7 Å². The molecule has 0 radical (unpaired) electrons. The van der Waals surface area contributed by atoms with Crippen LogP contribution in [0.4, 0.5) is 0 Å². The second-order valence-electron chi connectivity index (χ2n) is 23.7. The van der Waals surface area contributed by atoms with Gasteiger partial charge in [0.2, 0.25) is 0 Å². The highest BCUT2D eigenvalue weighted by Crippen LogP contribution is 2.51. The number of nitrogens with zero attached hydrogens (tertiary/aromatic N) is 3. The first kappa shape index (κ1) is 53.5. The van der Waals surface area contributed by atoms with Crippen LogP contribution < -0.4 is 0 Å². The van der Waals surface area contributed by atoms with Crippen molar-refractivity contribution < 1.29 is 0 Å². The lowest BCUT2D eigenvalue weighted by atomic mass is 9.86. The van der Waals surface area contributed by atoms with Crippen molar-refractivity contribution in [1.82, 2.24) is 15.0 Å². The first-order chi connectivity index (χ1) is 45.6. The molecule has 0 aliphatic rings. The molecule has 3 heterocycles. The van der Waals surface area contributed by atoms with Crippen molar-refractivity contribution in [1.29, 1.82) is 0 Å². The summed E-state index contributed by atoms with van der Waals surface area (Å²) < 4.78 is 5.05. The molecule has 0 spiro atoms. The monoisotopic (exact) mass is 1200 g/mol. The van der Waals surface area contributed by atoms with E-state index in [9.17, 15) is 0 Å². The standard InChI is InChI=1S/C87H53N3S2/c1-4-22-54(23-5-1)58-46-49-72(74-41-21-45-78-76-43-19-39-64(82(76)92-84(74)78)61-30-17-31-62(51-61)87-89-85(55-24-6-2-7-25-55)88-86(90-87)56-26-8-3-9-27-56)80(52-58)70-37-15-13-35-68(70)73-40-20-44-77-75-42-18-38-63(81(75)91-83(73)77)60-29-16-28-57(50-60)59-47-48-71-67-34-11-10-32-65(67)66-33-12-14-36-69(66)79(71)53-59/h1-53H.